The van der Waals surface area contributed by atoms with Gasteiger partial charge >= 0.3 is 0 Å². The third kappa shape index (κ3) is 6.58. The van der Waals surface area contributed by atoms with Gasteiger partial charge in [0.25, 0.3) is 0 Å². The lowest BCUT2D eigenvalue weighted by Gasteiger charge is -2.32. The Morgan fingerprint density at radius 3 is 2.39 bits per heavy atom. The van der Waals surface area contributed by atoms with Crippen molar-refractivity contribution in [3.05, 3.63) is 0 Å². The number of rotatable bonds is 9. The Kier molecular flexibility index (Phi) is 7.86. The second-order valence-corrected chi connectivity index (χ2v) is 6.65. The molecule has 6 heteroatoms. The van der Waals surface area contributed by atoms with Crippen LogP contribution in [0.25, 0.3) is 0 Å². The topological polar surface area (TPSA) is 95.6 Å². The molecule has 0 aliphatic carbocycles. The van der Waals surface area contributed by atoms with Gasteiger partial charge in [-0.3, -0.25) is 4.79 Å². The average Bonchev–Trinajstić information content (AvgIpc) is 2.24. The smallest absolute Gasteiger partial charge is 0.237 e. The number of aliphatic hydroxyl groups excluding tert-OH is 2. The van der Waals surface area contributed by atoms with Gasteiger partial charge in [-0.2, -0.15) is 11.8 Å². The highest BCUT2D eigenvalue weighted by atomic mass is 32.2. The number of carbonyl (C=O) groups excluding carboxylic acids is 1. The van der Waals surface area contributed by atoms with E-state index in [1.54, 1.807) is 6.92 Å². The van der Waals surface area contributed by atoms with E-state index >= 15 is 0 Å². The van der Waals surface area contributed by atoms with E-state index in [2.05, 4.69) is 5.32 Å². The molecule has 0 aliphatic heterocycles. The zero-order valence-electron chi connectivity index (χ0n) is 11.6. The molecule has 0 rings (SSSR count). The zero-order chi connectivity index (χ0) is 14.3. The van der Waals surface area contributed by atoms with Crippen molar-refractivity contribution in [1.29, 1.82) is 0 Å². The molecule has 0 fully saturated rings. The summed E-state index contributed by atoms with van der Waals surface area (Å²) in [4.78, 5) is 11.5. The third-order valence-electron chi connectivity index (χ3n) is 2.63. The van der Waals surface area contributed by atoms with Gasteiger partial charge in [0.15, 0.2) is 0 Å². The van der Waals surface area contributed by atoms with Crippen LogP contribution in [0.2, 0.25) is 0 Å². The number of aliphatic hydroxyl groups is 2. The van der Waals surface area contributed by atoms with Crippen molar-refractivity contribution in [2.75, 3.05) is 12.4 Å². The van der Waals surface area contributed by atoms with Crippen LogP contribution in [0.3, 0.4) is 0 Å². The lowest BCUT2D eigenvalue weighted by Crippen LogP contribution is -2.56. The van der Waals surface area contributed by atoms with Crippen molar-refractivity contribution in [1.82, 2.24) is 5.32 Å². The van der Waals surface area contributed by atoms with E-state index in [-0.39, 0.29) is 23.8 Å². The molecular formula is C12H26N2O3S. The molecule has 0 spiro atoms. The Morgan fingerprint density at radius 2 is 2.00 bits per heavy atom. The fraction of sp³-hybridized carbons (Fsp3) is 0.917. The summed E-state index contributed by atoms with van der Waals surface area (Å²) in [6, 6.07) is 0.169. The van der Waals surface area contributed by atoms with E-state index < -0.39 is 11.6 Å². The molecule has 0 aliphatic rings. The summed E-state index contributed by atoms with van der Waals surface area (Å²) >= 11 is 1.52. The summed E-state index contributed by atoms with van der Waals surface area (Å²) in [6.07, 6.45) is -0.126. The van der Waals surface area contributed by atoms with Crippen molar-refractivity contribution in [3.8, 4) is 0 Å². The van der Waals surface area contributed by atoms with Crippen LogP contribution < -0.4 is 11.1 Å². The highest BCUT2D eigenvalue weighted by Gasteiger charge is 2.33. The molecule has 0 aromatic heterocycles. The molecule has 18 heavy (non-hydrogen) atoms. The Labute approximate surface area is 114 Å². The first-order valence-electron chi connectivity index (χ1n) is 6.19. The second-order valence-electron chi connectivity index (χ2n) is 5.18. The van der Waals surface area contributed by atoms with Gasteiger partial charge in [0.2, 0.25) is 5.91 Å². The molecule has 0 aromatic carbocycles. The SMILES string of the molecule is CC(C)NC(C)(CC(C)SCC(O)CO)C(N)=O. The van der Waals surface area contributed by atoms with Crippen LogP contribution in [0.4, 0.5) is 0 Å². The van der Waals surface area contributed by atoms with Crippen molar-refractivity contribution in [3.63, 3.8) is 0 Å². The fourth-order valence-electron chi connectivity index (χ4n) is 1.83. The molecule has 0 heterocycles. The Balaban J connectivity index is 4.36. The first kappa shape index (κ1) is 17.7. The van der Waals surface area contributed by atoms with Crippen molar-refractivity contribution >= 4 is 17.7 Å². The van der Waals surface area contributed by atoms with E-state index in [1.165, 1.54) is 11.8 Å². The number of thioether (sulfide) groups is 1. The quantitative estimate of drug-likeness (QED) is 0.479. The van der Waals surface area contributed by atoms with Crippen molar-refractivity contribution in [2.45, 2.75) is 57.1 Å². The third-order valence-corrected chi connectivity index (χ3v) is 3.94. The van der Waals surface area contributed by atoms with Crippen LogP contribution in [-0.4, -0.2) is 51.4 Å². The molecule has 0 saturated heterocycles. The molecule has 1 amide bonds. The fourth-order valence-corrected chi connectivity index (χ4v) is 2.94. The number of hydrogen-bond acceptors (Lipinski definition) is 5. The molecule has 0 aromatic rings. The van der Waals surface area contributed by atoms with Crippen LogP contribution in [0, 0.1) is 0 Å². The number of amides is 1. The molecule has 5 N–H and O–H groups in total. The number of primary amides is 1. The Bertz CT molecular complexity index is 264. The predicted octanol–water partition coefficient (Wildman–Crippen LogP) is 0.0934. The molecular weight excluding hydrogens is 252 g/mol. The van der Waals surface area contributed by atoms with Gasteiger partial charge in [-0.05, 0) is 27.2 Å². The summed E-state index contributed by atoms with van der Waals surface area (Å²) in [5.74, 6) is 0.0835. The average molecular weight is 278 g/mol. The number of nitrogens with one attached hydrogen (secondary N) is 1. The van der Waals surface area contributed by atoms with Crippen molar-refractivity contribution < 1.29 is 15.0 Å². The summed E-state index contributed by atoms with van der Waals surface area (Å²) < 4.78 is 0. The first-order chi connectivity index (χ1) is 8.21. The van der Waals surface area contributed by atoms with Gasteiger partial charge in [0.1, 0.15) is 0 Å². The number of nitrogens with two attached hydrogens (primary N) is 1. The summed E-state index contributed by atoms with van der Waals surface area (Å²) in [5.41, 5.74) is 4.70. The lowest BCUT2D eigenvalue weighted by molar-refractivity contribution is -0.124. The minimum absolute atomic E-state index is 0.162. The van der Waals surface area contributed by atoms with Crippen LogP contribution in [-0.2, 0) is 4.79 Å². The first-order valence-corrected chi connectivity index (χ1v) is 7.24. The number of hydrogen-bond donors (Lipinski definition) is 4. The Morgan fingerprint density at radius 1 is 1.44 bits per heavy atom. The maximum absolute atomic E-state index is 11.5. The standard InChI is InChI=1S/C12H26N2O3S/c1-8(2)14-12(4,11(13)17)5-9(3)18-7-10(16)6-15/h8-10,14-16H,5-7H2,1-4H3,(H2,13,17). The zero-order valence-corrected chi connectivity index (χ0v) is 12.5. The van der Waals surface area contributed by atoms with Gasteiger partial charge in [-0.1, -0.05) is 6.92 Å². The van der Waals surface area contributed by atoms with Gasteiger partial charge in [-0.15, -0.1) is 0 Å². The molecule has 108 valence electrons. The molecule has 0 saturated carbocycles. The summed E-state index contributed by atoms with van der Waals surface area (Å²) in [5, 5.41) is 21.4. The van der Waals surface area contributed by atoms with Gasteiger partial charge in [0.05, 0.1) is 18.2 Å². The molecule has 3 unspecified atom stereocenters. The minimum atomic E-state index is -0.745. The lowest BCUT2D eigenvalue weighted by atomic mass is 9.94. The predicted molar refractivity (Wildman–Crippen MR) is 75.5 cm³/mol. The van der Waals surface area contributed by atoms with E-state index in [0.29, 0.717) is 12.2 Å². The molecule has 0 bridgehead atoms. The largest absolute Gasteiger partial charge is 0.394 e. The molecule has 3 atom stereocenters. The maximum atomic E-state index is 11.5. The van der Waals surface area contributed by atoms with E-state index in [1.807, 2.05) is 20.8 Å². The monoisotopic (exact) mass is 278 g/mol. The highest BCUT2D eigenvalue weighted by molar-refractivity contribution is 7.99. The van der Waals surface area contributed by atoms with E-state index in [0.717, 1.165) is 0 Å². The molecule has 0 radical (unpaired) electrons. The summed E-state index contributed by atoms with van der Waals surface area (Å²) in [7, 11) is 0. The highest BCUT2D eigenvalue weighted by Crippen LogP contribution is 2.23. The summed E-state index contributed by atoms with van der Waals surface area (Å²) in [6.45, 7) is 7.48. The normalized spacial score (nSPS) is 18.4. The van der Waals surface area contributed by atoms with Crippen LogP contribution >= 0.6 is 11.8 Å². The van der Waals surface area contributed by atoms with E-state index in [4.69, 9.17) is 10.8 Å². The van der Waals surface area contributed by atoms with E-state index in [9.17, 15) is 9.90 Å². The van der Waals surface area contributed by atoms with Crippen LogP contribution in [0.5, 0.6) is 0 Å². The maximum Gasteiger partial charge on any atom is 0.237 e. The second kappa shape index (κ2) is 7.99. The minimum Gasteiger partial charge on any atom is -0.394 e. The number of carbonyl (C=O) groups is 1. The van der Waals surface area contributed by atoms with Crippen LogP contribution in [0.15, 0.2) is 0 Å². The van der Waals surface area contributed by atoms with Gasteiger partial charge in [0, 0.05) is 17.0 Å². The van der Waals surface area contributed by atoms with Gasteiger partial charge < -0.3 is 21.3 Å². The molecule has 5 nitrogen and oxygen atoms in total. The van der Waals surface area contributed by atoms with Crippen molar-refractivity contribution in [2.24, 2.45) is 5.73 Å². The van der Waals surface area contributed by atoms with Crippen LogP contribution in [0.1, 0.15) is 34.1 Å². The van der Waals surface area contributed by atoms with Gasteiger partial charge in [-0.25, -0.2) is 0 Å². The Hall–Kier alpha value is -0.300.